The van der Waals surface area contributed by atoms with Gasteiger partial charge in [0.25, 0.3) is 5.91 Å². The first-order valence-corrected chi connectivity index (χ1v) is 11.0. The van der Waals surface area contributed by atoms with Crippen LogP contribution in [0.2, 0.25) is 5.02 Å². The van der Waals surface area contributed by atoms with Crippen LogP contribution in [0.5, 0.6) is 0 Å². The van der Waals surface area contributed by atoms with Gasteiger partial charge < -0.3 is 10.6 Å². The van der Waals surface area contributed by atoms with Crippen molar-refractivity contribution < 1.29 is 13.2 Å². The summed E-state index contributed by atoms with van der Waals surface area (Å²) in [5.74, 6) is -0.276. The highest BCUT2D eigenvalue weighted by atomic mass is 35.5. The predicted octanol–water partition coefficient (Wildman–Crippen LogP) is 3.87. The van der Waals surface area contributed by atoms with Gasteiger partial charge in [0.2, 0.25) is 0 Å². The van der Waals surface area contributed by atoms with E-state index in [1.807, 2.05) is 12.1 Å². The van der Waals surface area contributed by atoms with Crippen molar-refractivity contribution in [2.45, 2.75) is 11.4 Å². The van der Waals surface area contributed by atoms with Crippen molar-refractivity contribution in [2.75, 3.05) is 11.6 Å². The van der Waals surface area contributed by atoms with Crippen LogP contribution in [0.3, 0.4) is 0 Å². The lowest BCUT2D eigenvalue weighted by molar-refractivity contribution is 0.0946. The minimum absolute atomic E-state index is 0.245. The van der Waals surface area contributed by atoms with Crippen LogP contribution in [-0.2, 0) is 16.4 Å². The fourth-order valence-electron chi connectivity index (χ4n) is 2.22. The van der Waals surface area contributed by atoms with Crippen LogP contribution >= 0.6 is 22.9 Å². The SMILES string of the molecule is CS(=O)(=O)c1ccc(Nc2nc(C(=O)NCc3ccc(Cl)cc3)cs2)cc1. The molecule has 0 aliphatic rings. The molecule has 0 unspecified atom stereocenters. The molecule has 0 saturated heterocycles. The number of nitrogens with zero attached hydrogens (tertiary/aromatic N) is 1. The van der Waals surface area contributed by atoms with Crippen LogP contribution in [0.4, 0.5) is 10.8 Å². The maximum absolute atomic E-state index is 12.2. The molecule has 2 N–H and O–H groups in total. The smallest absolute Gasteiger partial charge is 0.271 e. The number of benzene rings is 2. The number of rotatable bonds is 6. The summed E-state index contributed by atoms with van der Waals surface area (Å²) in [6, 6.07) is 13.6. The van der Waals surface area contributed by atoms with Crippen molar-refractivity contribution in [3.63, 3.8) is 0 Å². The van der Waals surface area contributed by atoms with Gasteiger partial charge >= 0.3 is 0 Å². The lowest BCUT2D eigenvalue weighted by Crippen LogP contribution is -2.23. The molecule has 1 aromatic heterocycles. The third kappa shape index (κ3) is 5.29. The first-order chi connectivity index (χ1) is 12.8. The molecule has 2 aromatic carbocycles. The van der Waals surface area contributed by atoms with Crippen molar-refractivity contribution in [3.05, 3.63) is 70.2 Å². The summed E-state index contributed by atoms with van der Waals surface area (Å²) in [5.41, 5.74) is 1.93. The molecule has 0 aliphatic carbocycles. The van der Waals surface area contributed by atoms with E-state index in [1.54, 1.807) is 29.6 Å². The van der Waals surface area contributed by atoms with Crippen LogP contribution in [-0.4, -0.2) is 25.6 Å². The Kier molecular flexibility index (Phi) is 5.79. The lowest BCUT2D eigenvalue weighted by atomic mass is 10.2. The summed E-state index contributed by atoms with van der Waals surface area (Å²) in [6.45, 7) is 0.378. The molecule has 0 saturated carbocycles. The molecule has 0 fully saturated rings. The van der Waals surface area contributed by atoms with E-state index in [9.17, 15) is 13.2 Å². The molecule has 140 valence electrons. The van der Waals surface area contributed by atoms with Crippen molar-refractivity contribution in [1.82, 2.24) is 10.3 Å². The fourth-order valence-corrected chi connectivity index (χ4v) is 3.69. The largest absolute Gasteiger partial charge is 0.347 e. The second kappa shape index (κ2) is 8.08. The van der Waals surface area contributed by atoms with Gasteiger partial charge in [0.1, 0.15) is 5.69 Å². The van der Waals surface area contributed by atoms with Crippen LogP contribution < -0.4 is 10.6 Å². The number of thiazole rings is 1. The molecule has 1 heterocycles. The van der Waals surface area contributed by atoms with Crippen LogP contribution in [0.15, 0.2) is 58.8 Å². The van der Waals surface area contributed by atoms with Gasteiger partial charge in [-0.1, -0.05) is 23.7 Å². The molecule has 0 bridgehead atoms. The minimum atomic E-state index is -3.23. The Hall–Kier alpha value is -2.42. The molecule has 0 aliphatic heterocycles. The topological polar surface area (TPSA) is 88.2 Å². The van der Waals surface area contributed by atoms with Crippen molar-refractivity contribution in [1.29, 1.82) is 0 Å². The highest BCUT2D eigenvalue weighted by molar-refractivity contribution is 7.90. The molecule has 0 spiro atoms. The zero-order chi connectivity index (χ0) is 19.4. The van der Waals surface area contributed by atoms with E-state index in [-0.39, 0.29) is 10.8 Å². The number of aromatic nitrogens is 1. The predicted molar refractivity (Wildman–Crippen MR) is 108 cm³/mol. The fraction of sp³-hybridized carbons (Fsp3) is 0.111. The van der Waals surface area contributed by atoms with Crippen LogP contribution in [0.1, 0.15) is 16.1 Å². The van der Waals surface area contributed by atoms with Crippen LogP contribution in [0.25, 0.3) is 0 Å². The van der Waals surface area contributed by atoms with E-state index in [2.05, 4.69) is 15.6 Å². The molecule has 27 heavy (non-hydrogen) atoms. The number of nitrogens with one attached hydrogen (secondary N) is 2. The zero-order valence-corrected chi connectivity index (χ0v) is 16.7. The molecule has 3 rings (SSSR count). The maximum Gasteiger partial charge on any atom is 0.271 e. The van der Waals surface area contributed by atoms with E-state index < -0.39 is 9.84 Å². The third-order valence-electron chi connectivity index (χ3n) is 3.64. The second-order valence-electron chi connectivity index (χ2n) is 5.77. The summed E-state index contributed by atoms with van der Waals surface area (Å²) in [6.07, 6.45) is 1.16. The number of carbonyl (C=O) groups excluding carboxylic acids is 1. The molecule has 6 nitrogen and oxygen atoms in total. The molecule has 0 radical (unpaired) electrons. The van der Waals surface area contributed by atoms with Gasteiger partial charge in [-0.25, -0.2) is 13.4 Å². The molecule has 9 heteroatoms. The van der Waals surface area contributed by atoms with Gasteiger partial charge in [0, 0.05) is 28.9 Å². The molecule has 0 atom stereocenters. The standard InChI is InChI=1S/C18H16ClN3O3S2/c1-27(24,25)15-8-6-14(7-9-15)21-18-22-16(11-26-18)17(23)20-10-12-2-4-13(19)5-3-12/h2-9,11H,10H2,1H3,(H,20,23)(H,21,22). The minimum Gasteiger partial charge on any atom is -0.347 e. The highest BCUT2D eigenvalue weighted by Gasteiger charge is 2.11. The summed E-state index contributed by atoms with van der Waals surface area (Å²) in [4.78, 5) is 16.7. The summed E-state index contributed by atoms with van der Waals surface area (Å²) < 4.78 is 23.0. The van der Waals surface area contributed by atoms with Gasteiger partial charge in [-0.05, 0) is 42.0 Å². The van der Waals surface area contributed by atoms with E-state index >= 15 is 0 Å². The summed E-state index contributed by atoms with van der Waals surface area (Å²) in [7, 11) is -3.23. The number of hydrogen-bond acceptors (Lipinski definition) is 6. The Morgan fingerprint density at radius 1 is 1.11 bits per heavy atom. The monoisotopic (exact) mass is 421 g/mol. The van der Waals surface area contributed by atoms with E-state index in [0.29, 0.717) is 28.1 Å². The Bertz CT molecular complexity index is 1050. The Morgan fingerprint density at radius 2 is 1.78 bits per heavy atom. The highest BCUT2D eigenvalue weighted by Crippen LogP contribution is 2.22. The average molecular weight is 422 g/mol. The Labute approximate surface area is 166 Å². The van der Waals surface area contributed by atoms with Gasteiger partial charge in [-0.2, -0.15) is 0 Å². The Balaban J connectivity index is 1.60. The molecular formula is C18H16ClN3O3S2. The second-order valence-corrected chi connectivity index (χ2v) is 9.08. The quantitative estimate of drug-likeness (QED) is 0.630. The van der Waals surface area contributed by atoms with Gasteiger partial charge in [0.15, 0.2) is 15.0 Å². The van der Waals surface area contributed by atoms with Gasteiger partial charge in [-0.3, -0.25) is 4.79 Å². The number of sulfone groups is 1. The van der Waals surface area contributed by atoms with E-state index in [0.717, 1.165) is 11.8 Å². The van der Waals surface area contributed by atoms with Crippen molar-refractivity contribution in [2.24, 2.45) is 0 Å². The summed E-state index contributed by atoms with van der Waals surface area (Å²) >= 11 is 7.12. The molecule has 3 aromatic rings. The Morgan fingerprint density at radius 3 is 2.41 bits per heavy atom. The van der Waals surface area contributed by atoms with Crippen LogP contribution in [0, 0.1) is 0 Å². The first kappa shape index (κ1) is 19.3. The number of carbonyl (C=O) groups is 1. The third-order valence-corrected chi connectivity index (χ3v) is 5.78. The van der Waals surface area contributed by atoms with E-state index in [1.165, 1.54) is 23.5 Å². The molecular weight excluding hydrogens is 406 g/mol. The number of hydrogen-bond donors (Lipinski definition) is 2. The number of amides is 1. The first-order valence-electron chi connectivity index (χ1n) is 7.86. The number of halogens is 1. The van der Waals surface area contributed by atoms with Crippen molar-refractivity contribution in [3.8, 4) is 0 Å². The van der Waals surface area contributed by atoms with Gasteiger partial charge in [0.05, 0.1) is 4.90 Å². The maximum atomic E-state index is 12.2. The number of anilines is 2. The van der Waals surface area contributed by atoms with Gasteiger partial charge in [-0.15, -0.1) is 11.3 Å². The lowest BCUT2D eigenvalue weighted by Gasteiger charge is -2.04. The van der Waals surface area contributed by atoms with Crippen molar-refractivity contribution >= 4 is 49.5 Å². The van der Waals surface area contributed by atoms with E-state index in [4.69, 9.17) is 11.6 Å². The zero-order valence-electron chi connectivity index (χ0n) is 14.3. The summed E-state index contributed by atoms with van der Waals surface area (Å²) in [5, 5.41) is 8.70. The normalized spacial score (nSPS) is 11.2. The average Bonchev–Trinajstić information content (AvgIpc) is 3.09. The molecule has 1 amide bonds.